The maximum atomic E-state index is 12.5. The number of hydrogen-bond acceptors (Lipinski definition) is 5. The Balaban J connectivity index is 2.31. The number of carbonyl (C=O) groups excluding carboxylic acids is 1. The Labute approximate surface area is 141 Å². The monoisotopic (exact) mass is 331 g/mol. The van der Waals surface area contributed by atoms with Gasteiger partial charge in [-0.2, -0.15) is 0 Å². The van der Waals surface area contributed by atoms with Gasteiger partial charge in [0.1, 0.15) is 0 Å². The number of methoxy groups -OCH3 is 3. The largest absolute Gasteiger partial charge is 0.493 e. The van der Waals surface area contributed by atoms with E-state index >= 15 is 0 Å². The minimum absolute atomic E-state index is 0.322. The summed E-state index contributed by atoms with van der Waals surface area (Å²) in [6.07, 6.45) is -0.608. The molecule has 128 valence electrons. The normalized spacial score (nSPS) is 11.5. The maximum absolute atomic E-state index is 12.5. The van der Waals surface area contributed by atoms with Crippen molar-refractivity contribution in [1.82, 2.24) is 0 Å². The second-order valence-corrected chi connectivity index (χ2v) is 5.17. The highest BCUT2D eigenvalue weighted by atomic mass is 16.5. The van der Waals surface area contributed by atoms with Gasteiger partial charge in [0.05, 0.1) is 27.4 Å². The molecule has 0 fully saturated rings. The molecule has 24 heavy (non-hydrogen) atoms. The topological polar surface area (TPSA) is 77.0 Å². The number of rotatable bonds is 6. The lowest BCUT2D eigenvalue weighted by atomic mass is 10.1. The van der Waals surface area contributed by atoms with Crippen molar-refractivity contribution in [3.05, 3.63) is 47.5 Å². The van der Waals surface area contributed by atoms with Crippen LogP contribution in [0.2, 0.25) is 0 Å². The van der Waals surface area contributed by atoms with E-state index in [0.29, 0.717) is 28.5 Å². The molecule has 0 saturated heterocycles. The fourth-order valence-electron chi connectivity index (χ4n) is 2.29. The number of carbonyl (C=O) groups is 1. The molecule has 2 N–H and O–H groups in total. The smallest absolute Gasteiger partial charge is 0.255 e. The van der Waals surface area contributed by atoms with Gasteiger partial charge < -0.3 is 24.6 Å². The quantitative estimate of drug-likeness (QED) is 0.851. The first-order chi connectivity index (χ1) is 11.5. The minimum atomic E-state index is -0.608. The summed E-state index contributed by atoms with van der Waals surface area (Å²) in [6.45, 7) is 1.67. The van der Waals surface area contributed by atoms with Crippen LogP contribution in [0.15, 0.2) is 36.4 Å². The van der Waals surface area contributed by atoms with Gasteiger partial charge in [0.25, 0.3) is 5.91 Å². The fraction of sp³-hybridized carbons (Fsp3) is 0.278. The Hall–Kier alpha value is -2.73. The van der Waals surface area contributed by atoms with E-state index in [0.717, 1.165) is 5.56 Å². The molecule has 0 radical (unpaired) electrons. The van der Waals surface area contributed by atoms with Crippen molar-refractivity contribution in [3.8, 4) is 17.2 Å². The van der Waals surface area contributed by atoms with Gasteiger partial charge in [-0.25, -0.2) is 0 Å². The maximum Gasteiger partial charge on any atom is 0.255 e. The van der Waals surface area contributed by atoms with Gasteiger partial charge in [0, 0.05) is 11.3 Å². The highest BCUT2D eigenvalue weighted by molar-refractivity contribution is 6.05. The Bertz CT molecular complexity index is 702. The van der Waals surface area contributed by atoms with Crippen molar-refractivity contribution in [2.24, 2.45) is 0 Å². The van der Waals surface area contributed by atoms with E-state index in [1.165, 1.54) is 21.3 Å². The van der Waals surface area contributed by atoms with Crippen LogP contribution in [-0.4, -0.2) is 32.3 Å². The van der Waals surface area contributed by atoms with Crippen LogP contribution in [0.25, 0.3) is 0 Å². The average molecular weight is 331 g/mol. The van der Waals surface area contributed by atoms with Crippen LogP contribution < -0.4 is 19.5 Å². The number of nitrogens with one attached hydrogen (secondary N) is 1. The summed E-state index contributed by atoms with van der Waals surface area (Å²) < 4.78 is 15.7. The van der Waals surface area contributed by atoms with Crippen LogP contribution in [0.1, 0.15) is 28.9 Å². The zero-order chi connectivity index (χ0) is 17.7. The summed E-state index contributed by atoms with van der Waals surface area (Å²) in [6, 6.07) is 10.2. The number of ether oxygens (including phenoxy) is 3. The Morgan fingerprint density at radius 2 is 1.67 bits per heavy atom. The molecule has 0 aliphatic carbocycles. The van der Waals surface area contributed by atoms with Crippen molar-refractivity contribution >= 4 is 11.6 Å². The molecule has 1 atom stereocenters. The Kier molecular flexibility index (Phi) is 5.65. The Morgan fingerprint density at radius 1 is 1.04 bits per heavy atom. The first-order valence-corrected chi connectivity index (χ1v) is 7.39. The number of aliphatic hydroxyl groups is 1. The molecule has 2 rings (SSSR count). The van der Waals surface area contributed by atoms with Crippen LogP contribution in [0.3, 0.4) is 0 Å². The molecular weight excluding hydrogens is 310 g/mol. The summed E-state index contributed by atoms with van der Waals surface area (Å²) >= 11 is 0. The van der Waals surface area contributed by atoms with Crippen LogP contribution in [-0.2, 0) is 0 Å². The molecule has 2 aromatic carbocycles. The van der Waals surface area contributed by atoms with Crippen LogP contribution in [0, 0.1) is 0 Å². The third kappa shape index (κ3) is 3.78. The number of anilines is 1. The predicted octanol–water partition coefficient (Wildman–Crippen LogP) is 3.02. The van der Waals surface area contributed by atoms with Crippen molar-refractivity contribution in [3.63, 3.8) is 0 Å². The first kappa shape index (κ1) is 17.6. The molecule has 2 aromatic rings. The zero-order valence-corrected chi connectivity index (χ0v) is 14.1. The van der Waals surface area contributed by atoms with E-state index in [-0.39, 0.29) is 5.91 Å². The van der Waals surface area contributed by atoms with Crippen molar-refractivity contribution in [2.75, 3.05) is 26.6 Å². The number of aliphatic hydroxyl groups excluding tert-OH is 1. The molecule has 0 saturated carbocycles. The van der Waals surface area contributed by atoms with Crippen molar-refractivity contribution in [2.45, 2.75) is 13.0 Å². The molecule has 1 amide bonds. The highest BCUT2D eigenvalue weighted by Gasteiger charge is 2.17. The summed E-state index contributed by atoms with van der Waals surface area (Å²) in [4.78, 5) is 12.5. The minimum Gasteiger partial charge on any atom is -0.493 e. The van der Waals surface area contributed by atoms with E-state index in [2.05, 4.69) is 5.32 Å². The second kappa shape index (κ2) is 7.70. The fourth-order valence-corrected chi connectivity index (χ4v) is 2.29. The first-order valence-electron chi connectivity index (χ1n) is 7.39. The lowest BCUT2D eigenvalue weighted by Gasteiger charge is -2.14. The third-order valence-electron chi connectivity index (χ3n) is 3.55. The van der Waals surface area contributed by atoms with E-state index < -0.39 is 6.10 Å². The molecule has 0 spiro atoms. The molecule has 0 bridgehead atoms. The molecule has 0 heterocycles. The second-order valence-electron chi connectivity index (χ2n) is 5.17. The summed E-state index contributed by atoms with van der Waals surface area (Å²) in [5, 5.41) is 12.4. The summed E-state index contributed by atoms with van der Waals surface area (Å²) in [7, 11) is 4.48. The zero-order valence-electron chi connectivity index (χ0n) is 14.1. The molecular formula is C18H21NO5. The highest BCUT2D eigenvalue weighted by Crippen LogP contribution is 2.38. The van der Waals surface area contributed by atoms with E-state index in [1.54, 1.807) is 43.3 Å². The molecule has 0 unspecified atom stereocenters. The van der Waals surface area contributed by atoms with Crippen LogP contribution in [0.5, 0.6) is 17.2 Å². The lowest BCUT2D eigenvalue weighted by molar-refractivity contribution is 0.102. The van der Waals surface area contributed by atoms with Gasteiger partial charge >= 0.3 is 0 Å². The molecule has 6 heteroatoms. The van der Waals surface area contributed by atoms with E-state index in [1.807, 2.05) is 0 Å². The molecule has 0 aliphatic rings. The van der Waals surface area contributed by atoms with Gasteiger partial charge in [0.15, 0.2) is 11.5 Å². The number of hydrogen-bond donors (Lipinski definition) is 2. The van der Waals surface area contributed by atoms with E-state index in [4.69, 9.17) is 14.2 Å². The van der Waals surface area contributed by atoms with Gasteiger partial charge in [-0.15, -0.1) is 0 Å². The van der Waals surface area contributed by atoms with E-state index in [9.17, 15) is 9.90 Å². The Morgan fingerprint density at radius 3 is 2.17 bits per heavy atom. The van der Waals surface area contributed by atoms with Crippen LogP contribution >= 0.6 is 0 Å². The van der Waals surface area contributed by atoms with Gasteiger partial charge in [-0.05, 0) is 36.8 Å². The SMILES string of the molecule is COc1cc(C(=O)Nc2cccc([C@H](C)O)c2)cc(OC)c1OC. The van der Waals surface area contributed by atoms with Gasteiger partial charge in [-0.3, -0.25) is 4.79 Å². The van der Waals surface area contributed by atoms with Gasteiger partial charge in [-0.1, -0.05) is 12.1 Å². The number of amides is 1. The lowest BCUT2D eigenvalue weighted by Crippen LogP contribution is -2.13. The average Bonchev–Trinajstić information content (AvgIpc) is 2.60. The van der Waals surface area contributed by atoms with Gasteiger partial charge in [0.2, 0.25) is 5.75 Å². The predicted molar refractivity (Wildman–Crippen MR) is 91.1 cm³/mol. The van der Waals surface area contributed by atoms with Crippen molar-refractivity contribution in [1.29, 1.82) is 0 Å². The third-order valence-corrected chi connectivity index (χ3v) is 3.55. The number of benzene rings is 2. The van der Waals surface area contributed by atoms with Crippen molar-refractivity contribution < 1.29 is 24.1 Å². The standard InChI is InChI=1S/C18H21NO5/c1-11(20)12-6-5-7-14(8-12)19-18(21)13-9-15(22-2)17(24-4)16(10-13)23-3/h5-11,20H,1-4H3,(H,19,21)/t11-/m0/s1. The molecule has 6 nitrogen and oxygen atoms in total. The van der Waals surface area contributed by atoms with Crippen LogP contribution in [0.4, 0.5) is 5.69 Å². The summed E-state index contributed by atoms with van der Waals surface area (Å²) in [5.74, 6) is 0.907. The molecule has 0 aromatic heterocycles. The summed E-state index contributed by atoms with van der Waals surface area (Å²) in [5.41, 5.74) is 1.68. The molecule has 0 aliphatic heterocycles.